The largest absolute Gasteiger partial charge is 0.493 e. The molecule has 0 spiro atoms. The molecule has 8 heteroatoms. The summed E-state index contributed by atoms with van der Waals surface area (Å²) in [7, 11) is 0. The Morgan fingerprint density at radius 3 is 2.96 bits per heavy atom. The highest BCUT2D eigenvalue weighted by atomic mass is 19.1. The molecule has 0 saturated carbocycles. The first-order chi connectivity index (χ1) is 12.6. The van der Waals surface area contributed by atoms with Crippen LogP contribution < -0.4 is 10.1 Å². The highest BCUT2D eigenvalue weighted by Gasteiger charge is 2.10. The maximum atomic E-state index is 13.3. The molecule has 1 aromatic carbocycles. The number of benzene rings is 1. The van der Waals surface area contributed by atoms with Crippen molar-refractivity contribution >= 4 is 17.1 Å². The Labute approximate surface area is 148 Å². The molecule has 0 bridgehead atoms. The summed E-state index contributed by atoms with van der Waals surface area (Å²) in [6.45, 7) is 1.84. The maximum Gasteiger partial charge on any atom is 0.326 e. The molecule has 0 saturated heterocycles. The van der Waals surface area contributed by atoms with Gasteiger partial charge in [0.25, 0.3) is 0 Å². The van der Waals surface area contributed by atoms with E-state index in [-0.39, 0.29) is 29.5 Å². The summed E-state index contributed by atoms with van der Waals surface area (Å²) in [5.74, 6) is -0.439. The molecule has 2 aromatic heterocycles. The number of halogens is 1. The summed E-state index contributed by atoms with van der Waals surface area (Å²) in [5.41, 5.74) is 1.16. The summed E-state index contributed by atoms with van der Waals surface area (Å²) < 4.78 is 18.7. The minimum atomic E-state index is -0.322. The molecule has 3 rings (SSSR count). The lowest BCUT2D eigenvalue weighted by molar-refractivity contribution is 0.393. The average molecular weight is 353 g/mol. The average Bonchev–Trinajstić information content (AvgIpc) is 2.65. The van der Waals surface area contributed by atoms with Crippen LogP contribution in [0.1, 0.15) is 18.5 Å². The third kappa shape index (κ3) is 3.92. The van der Waals surface area contributed by atoms with E-state index in [9.17, 15) is 9.50 Å². The van der Waals surface area contributed by atoms with Gasteiger partial charge in [-0.05, 0) is 30.7 Å². The fourth-order valence-electron chi connectivity index (χ4n) is 2.27. The van der Waals surface area contributed by atoms with Crippen molar-refractivity contribution in [3.05, 3.63) is 66.1 Å². The number of hydrogen-bond donors (Lipinski definition) is 3. The van der Waals surface area contributed by atoms with Crippen LogP contribution in [0.2, 0.25) is 0 Å². The second-order valence-corrected chi connectivity index (χ2v) is 5.46. The van der Waals surface area contributed by atoms with E-state index in [1.165, 1.54) is 30.7 Å². The first-order valence-corrected chi connectivity index (χ1v) is 7.77. The summed E-state index contributed by atoms with van der Waals surface area (Å²) in [5, 5.41) is 20.9. The molecule has 3 aromatic rings. The second kappa shape index (κ2) is 7.56. The molecule has 26 heavy (non-hydrogen) atoms. The van der Waals surface area contributed by atoms with Gasteiger partial charge in [-0.25, -0.2) is 4.39 Å². The summed E-state index contributed by atoms with van der Waals surface area (Å²) in [6, 6.07) is 7.48. The molecule has 0 radical (unpaired) electrons. The lowest BCUT2D eigenvalue weighted by Crippen LogP contribution is -2.14. The van der Waals surface area contributed by atoms with Crippen LogP contribution in [0.25, 0.3) is 10.9 Å². The van der Waals surface area contributed by atoms with Crippen molar-refractivity contribution < 1.29 is 14.2 Å². The molecule has 3 N–H and O–H groups in total. The van der Waals surface area contributed by atoms with Gasteiger partial charge in [-0.2, -0.15) is 9.97 Å². The van der Waals surface area contributed by atoms with Crippen LogP contribution in [0.3, 0.4) is 0 Å². The number of nitrogens with one attached hydrogen (secondary N) is 2. The van der Waals surface area contributed by atoms with E-state index >= 15 is 0 Å². The highest BCUT2D eigenvalue weighted by molar-refractivity contribution is 5.82. The molecular formula is C18H16FN5O2. The van der Waals surface area contributed by atoms with Gasteiger partial charge in [0.1, 0.15) is 5.82 Å². The van der Waals surface area contributed by atoms with E-state index in [0.29, 0.717) is 10.9 Å². The monoisotopic (exact) mass is 353 g/mol. The molecule has 7 nitrogen and oxygen atoms in total. The number of allylic oxidation sites excluding steroid dienone is 1. The molecule has 132 valence electrons. The summed E-state index contributed by atoms with van der Waals surface area (Å²) in [4.78, 5) is 11.9. The molecule has 0 aliphatic rings. The Kier molecular flexibility index (Phi) is 5.02. The van der Waals surface area contributed by atoms with Crippen molar-refractivity contribution in [2.75, 3.05) is 0 Å². The van der Waals surface area contributed by atoms with Gasteiger partial charge in [-0.1, -0.05) is 12.1 Å². The fourth-order valence-corrected chi connectivity index (χ4v) is 2.27. The van der Waals surface area contributed by atoms with Crippen LogP contribution in [0, 0.1) is 11.2 Å². The Balaban J connectivity index is 1.77. The van der Waals surface area contributed by atoms with Crippen LogP contribution in [-0.4, -0.2) is 26.3 Å². The number of nitrogens with zero attached hydrogens (tertiary/aromatic N) is 3. The summed E-state index contributed by atoms with van der Waals surface area (Å²) in [6.07, 6.45) is 5.42. The molecule has 2 heterocycles. The molecule has 0 fully saturated rings. The normalized spacial score (nSPS) is 12.6. The Bertz CT molecular complexity index is 977. The van der Waals surface area contributed by atoms with Gasteiger partial charge in [0.15, 0.2) is 5.76 Å². The van der Waals surface area contributed by atoms with Gasteiger partial charge in [0.05, 0.1) is 23.3 Å². The minimum Gasteiger partial charge on any atom is -0.493 e. The van der Waals surface area contributed by atoms with Gasteiger partial charge >= 0.3 is 6.01 Å². The molecule has 0 aliphatic heterocycles. The third-order valence-corrected chi connectivity index (χ3v) is 3.63. The standard InChI is InChI=1S/C18H16FN5O2/c1-11(12-3-2-4-13(19)7-12)22-9-14(8-20)26-18-23-16-10-21-6-5-15(16)17(25)24-18/h2-11,20,22H,1H3,(H,23,24,25)/b14-9+,20-8?. The van der Waals surface area contributed by atoms with Gasteiger partial charge in [-0.3, -0.25) is 4.98 Å². The van der Waals surface area contributed by atoms with E-state index in [0.717, 1.165) is 11.8 Å². The SMILES string of the molecule is CC(N/C=C(\C=N)Oc1nc(O)c2ccncc2n1)c1cccc(F)c1. The molecule has 0 amide bonds. The minimum absolute atomic E-state index is 0.113. The number of ether oxygens (including phenoxy) is 1. The van der Waals surface area contributed by atoms with E-state index in [4.69, 9.17) is 10.1 Å². The molecule has 1 atom stereocenters. The number of aromatic hydroxyl groups is 1. The zero-order valence-corrected chi connectivity index (χ0v) is 13.8. The number of hydrogen-bond acceptors (Lipinski definition) is 7. The van der Waals surface area contributed by atoms with Crippen molar-refractivity contribution in [2.45, 2.75) is 13.0 Å². The number of pyridine rings is 1. The Hall–Kier alpha value is -3.55. The number of aromatic nitrogens is 3. The van der Waals surface area contributed by atoms with Gasteiger partial charge in [0, 0.05) is 18.4 Å². The lowest BCUT2D eigenvalue weighted by Gasteiger charge is -2.13. The van der Waals surface area contributed by atoms with Crippen molar-refractivity contribution in [1.82, 2.24) is 20.3 Å². The van der Waals surface area contributed by atoms with Crippen molar-refractivity contribution in [3.8, 4) is 11.9 Å². The van der Waals surface area contributed by atoms with Crippen molar-refractivity contribution in [3.63, 3.8) is 0 Å². The van der Waals surface area contributed by atoms with Crippen LogP contribution >= 0.6 is 0 Å². The zero-order valence-electron chi connectivity index (χ0n) is 13.8. The first-order valence-electron chi connectivity index (χ1n) is 7.77. The lowest BCUT2D eigenvalue weighted by atomic mass is 10.1. The fraction of sp³-hybridized carbons (Fsp3) is 0.111. The molecule has 0 aliphatic carbocycles. The third-order valence-electron chi connectivity index (χ3n) is 3.63. The predicted molar refractivity (Wildman–Crippen MR) is 94.4 cm³/mol. The van der Waals surface area contributed by atoms with Crippen molar-refractivity contribution in [1.29, 1.82) is 5.41 Å². The second-order valence-electron chi connectivity index (χ2n) is 5.46. The Morgan fingerprint density at radius 1 is 1.35 bits per heavy atom. The van der Waals surface area contributed by atoms with Gasteiger partial charge < -0.3 is 20.6 Å². The number of fused-ring (bicyclic) bond motifs is 1. The predicted octanol–water partition coefficient (Wildman–Crippen LogP) is 3.09. The van der Waals surface area contributed by atoms with Gasteiger partial charge in [0.2, 0.25) is 5.88 Å². The van der Waals surface area contributed by atoms with Crippen LogP contribution in [0.4, 0.5) is 4.39 Å². The van der Waals surface area contributed by atoms with Crippen LogP contribution in [-0.2, 0) is 0 Å². The molecular weight excluding hydrogens is 337 g/mol. The summed E-state index contributed by atoms with van der Waals surface area (Å²) >= 11 is 0. The van der Waals surface area contributed by atoms with E-state index < -0.39 is 0 Å². The quantitative estimate of drug-likeness (QED) is 0.465. The van der Waals surface area contributed by atoms with Crippen LogP contribution in [0.15, 0.2) is 54.7 Å². The zero-order chi connectivity index (χ0) is 18.5. The molecule has 1 unspecified atom stereocenters. The smallest absolute Gasteiger partial charge is 0.326 e. The topological polar surface area (TPSA) is 104 Å². The van der Waals surface area contributed by atoms with E-state index in [1.807, 2.05) is 6.92 Å². The van der Waals surface area contributed by atoms with Crippen molar-refractivity contribution in [2.24, 2.45) is 0 Å². The van der Waals surface area contributed by atoms with E-state index in [2.05, 4.69) is 20.3 Å². The highest BCUT2D eigenvalue weighted by Crippen LogP contribution is 2.23. The number of rotatable bonds is 6. The maximum absolute atomic E-state index is 13.3. The Morgan fingerprint density at radius 2 is 2.19 bits per heavy atom. The van der Waals surface area contributed by atoms with Crippen LogP contribution in [0.5, 0.6) is 11.9 Å². The first kappa shape index (κ1) is 17.3. The van der Waals surface area contributed by atoms with E-state index in [1.54, 1.807) is 18.2 Å². The van der Waals surface area contributed by atoms with Gasteiger partial charge in [-0.15, -0.1) is 0 Å².